The van der Waals surface area contributed by atoms with E-state index in [0.29, 0.717) is 37.5 Å². The lowest BCUT2D eigenvalue weighted by Gasteiger charge is -2.28. The van der Waals surface area contributed by atoms with Crippen LogP contribution in [0.2, 0.25) is 0 Å². The molecular weight excluding hydrogens is 506 g/mol. The molecule has 1 aliphatic heterocycles. The molecule has 38 heavy (non-hydrogen) atoms. The van der Waals surface area contributed by atoms with E-state index in [0.717, 1.165) is 22.2 Å². The minimum Gasteiger partial charge on any atom is -0.489 e. The SMILES string of the molecule is CON1C=c2ncnc(Nc3ccc(OCc4ccccc4)cc3)c2=CC1OCCN(C)CCS(C)(=O)=O. The number of hydrogen-bond donors (Lipinski definition) is 1. The number of hydroxylamine groups is 2. The third-order valence-electron chi connectivity index (χ3n) is 5.91. The lowest BCUT2D eigenvalue weighted by Crippen LogP contribution is -2.45. The molecule has 0 aliphatic carbocycles. The number of anilines is 2. The lowest BCUT2D eigenvalue weighted by atomic mass is 10.2. The van der Waals surface area contributed by atoms with Gasteiger partial charge in [-0.2, -0.15) is 0 Å². The van der Waals surface area contributed by atoms with E-state index in [-0.39, 0.29) is 5.75 Å². The third kappa shape index (κ3) is 7.99. The van der Waals surface area contributed by atoms with Gasteiger partial charge in [-0.1, -0.05) is 30.3 Å². The van der Waals surface area contributed by atoms with E-state index in [2.05, 4.69) is 15.3 Å². The van der Waals surface area contributed by atoms with Crippen LogP contribution < -0.4 is 20.6 Å². The van der Waals surface area contributed by atoms with E-state index < -0.39 is 16.1 Å². The largest absolute Gasteiger partial charge is 0.489 e. The number of benzene rings is 2. The maximum atomic E-state index is 11.4. The first-order valence-corrected chi connectivity index (χ1v) is 14.3. The summed E-state index contributed by atoms with van der Waals surface area (Å²) in [7, 11) is 0.416. The monoisotopic (exact) mass is 539 g/mol. The third-order valence-corrected chi connectivity index (χ3v) is 6.83. The van der Waals surface area contributed by atoms with Gasteiger partial charge >= 0.3 is 0 Å². The van der Waals surface area contributed by atoms with Gasteiger partial charge < -0.3 is 19.7 Å². The second kappa shape index (κ2) is 12.8. The fraction of sp³-hybridized carbons (Fsp3) is 0.333. The molecule has 4 rings (SSSR count). The Balaban J connectivity index is 1.41. The van der Waals surface area contributed by atoms with Gasteiger partial charge in [0, 0.05) is 30.3 Å². The molecular formula is C27H33N5O5S. The van der Waals surface area contributed by atoms with E-state index in [1.165, 1.54) is 12.6 Å². The summed E-state index contributed by atoms with van der Waals surface area (Å²) in [6.45, 7) is 1.89. The van der Waals surface area contributed by atoms with Gasteiger partial charge in [-0.15, -0.1) is 0 Å². The van der Waals surface area contributed by atoms with Crippen molar-refractivity contribution in [2.45, 2.75) is 12.8 Å². The zero-order chi connectivity index (χ0) is 27.0. The highest BCUT2D eigenvalue weighted by Crippen LogP contribution is 2.19. The minimum atomic E-state index is -3.01. The molecule has 1 atom stereocenters. The summed E-state index contributed by atoms with van der Waals surface area (Å²) < 4.78 is 34.7. The smallest absolute Gasteiger partial charge is 0.173 e. The van der Waals surface area contributed by atoms with Gasteiger partial charge in [0.05, 0.1) is 31.0 Å². The first-order valence-electron chi connectivity index (χ1n) is 12.2. The summed E-state index contributed by atoms with van der Waals surface area (Å²) in [4.78, 5) is 16.2. The van der Waals surface area contributed by atoms with Crippen molar-refractivity contribution in [2.24, 2.45) is 0 Å². The molecule has 0 fully saturated rings. The van der Waals surface area contributed by atoms with Gasteiger partial charge in [0.15, 0.2) is 6.23 Å². The Morgan fingerprint density at radius 1 is 1.05 bits per heavy atom. The predicted octanol–water partition coefficient (Wildman–Crippen LogP) is 1.51. The average Bonchev–Trinajstić information content (AvgIpc) is 2.91. The van der Waals surface area contributed by atoms with Crippen LogP contribution >= 0.6 is 0 Å². The number of likely N-dealkylation sites (N-methyl/N-ethyl adjacent to an activating group) is 1. The summed E-state index contributed by atoms with van der Waals surface area (Å²) in [5.74, 6) is 1.52. The molecule has 1 aromatic heterocycles. The van der Waals surface area contributed by atoms with E-state index in [4.69, 9.17) is 14.3 Å². The van der Waals surface area contributed by atoms with Crippen LogP contribution in [-0.2, 0) is 26.0 Å². The highest BCUT2D eigenvalue weighted by Gasteiger charge is 2.19. The molecule has 1 N–H and O–H groups in total. The molecule has 1 unspecified atom stereocenters. The summed E-state index contributed by atoms with van der Waals surface area (Å²) in [5.41, 5.74) is 1.96. The van der Waals surface area contributed by atoms with Gasteiger partial charge in [-0.25, -0.2) is 23.4 Å². The van der Waals surface area contributed by atoms with Crippen molar-refractivity contribution in [3.05, 3.63) is 77.1 Å². The maximum Gasteiger partial charge on any atom is 0.173 e. The Morgan fingerprint density at radius 3 is 2.53 bits per heavy atom. The molecule has 2 heterocycles. The first kappa shape index (κ1) is 27.5. The van der Waals surface area contributed by atoms with E-state index >= 15 is 0 Å². The van der Waals surface area contributed by atoms with Crippen LogP contribution in [0.25, 0.3) is 12.3 Å². The number of rotatable bonds is 13. The second-order valence-electron chi connectivity index (χ2n) is 8.98. The highest BCUT2D eigenvalue weighted by atomic mass is 32.2. The molecule has 10 nitrogen and oxygen atoms in total. The molecule has 11 heteroatoms. The van der Waals surface area contributed by atoms with Gasteiger partial charge in [0.1, 0.15) is 34.3 Å². The molecule has 0 spiro atoms. The Bertz CT molecular complexity index is 1420. The normalized spacial score (nSPS) is 14.9. The van der Waals surface area contributed by atoms with Crippen molar-refractivity contribution < 1.29 is 22.7 Å². The van der Waals surface area contributed by atoms with Crippen molar-refractivity contribution in [3.8, 4) is 5.75 Å². The molecule has 0 radical (unpaired) electrons. The van der Waals surface area contributed by atoms with Crippen LogP contribution in [-0.4, -0.2) is 80.4 Å². The first-order chi connectivity index (χ1) is 18.3. The van der Waals surface area contributed by atoms with E-state index in [1.807, 2.05) is 72.6 Å². The van der Waals surface area contributed by atoms with E-state index in [9.17, 15) is 8.42 Å². The Labute approximate surface area is 223 Å². The summed E-state index contributed by atoms with van der Waals surface area (Å²) in [6, 6.07) is 17.7. The minimum absolute atomic E-state index is 0.108. The van der Waals surface area contributed by atoms with Crippen LogP contribution in [0.15, 0.2) is 60.9 Å². The molecule has 0 saturated carbocycles. The zero-order valence-electron chi connectivity index (χ0n) is 21.8. The van der Waals surface area contributed by atoms with Crippen molar-refractivity contribution in [2.75, 3.05) is 51.2 Å². The maximum absolute atomic E-state index is 11.4. The van der Waals surface area contributed by atoms with Gasteiger partial charge in [0.25, 0.3) is 0 Å². The summed E-state index contributed by atoms with van der Waals surface area (Å²) in [6.07, 6.45) is 5.89. The lowest BCUT2D eigenvalue weighted by molar-refractivity contribution is -0.168. The highest BCUT2D eigenvalue weighted by molar-refractivity contribution is 7.90. The predicted molar refractivity (Wildman–Crippen MR) is 147 cm³/mol. The summed E-state index contributed by atoms with van der Waals surface area (Å²) in [5, 5.41) is 6.42. The quantitative estimate of drug-likeness (QED) is 0.344. The number of ether oxygens (including phenoxy) is 2. The second-order valence-corrected chi connectivity index (χ2v) is 11.2. The Kier molecular flexibility index (Phi) is 9.29. The number of fused-ring (bicyclic) bond motifs is 1. The Hall–Kier alpha value is -3.51. The number of aromatic nitrogens is 2. The van der Waals surface area contributed by atoms with Crippen LogP contribution in [0.1, 0.15) is 5.56 Å². The van der Waals surface area contributed by atoms with Crippen LogP contribution in [0.4, 0.5) is 11.5 Å². The number of hydrogen-bond acceptors (Lipinski definition) is 10. The zero-order valence-corrected chi connectivity index (χ0v) is 22.6. The van der Waals surface area contributed by atoms with Gasteiger partial charge in [0.2, 0.25) is 0 Å². The van der Waals surface area contributed by atoms with E-state index in [1.54, 1.807) is 18.4 Å². The number of sulfone groups is 1. The van der Waals surface area contributed by atoms with Crippen molar-refractivity contribution in [3.63, 3.8) is 0 Å². The molecule has 1 aliphatic rings. The standard InChI is InChI=1S/C27H33N5O5S/c1-31(14-16-38(3,33)34)13-15-36-26-17-24-25(18-32(26)35-2)28-20-29-27(24)30-22-9-11-23(12-10-22)37-19-21-7-5-4-6-8-21/h4-12,17-18,20,26H,13-16,19H2,1-3H3,(H,28,29,30). The fourth-order valence-electron chi connectivity index (χ4n) is 3.74. The fourth-order valence-corrected chi connectivity index (χ4v) is 4.38. The Morgan fingerprint density at radius 2 is 1.82 bits per heavy atom. The van der Waals surface area contributed by atoms with Crippen LogP contribution in [0.5, 0.6) is 5.75 Å². The summed E-state index contributed by atoms with van der Waals surface area (Å²) >= 11 is 0. The van der Waals surface area contributed by atoms with Crippen molar-refractivity contribution >= 4 is 33.6 Å². The number of nitrogens with one attached hydrogen (secondary N) is 1. The van der Waals surface area contributed by atoms with Gasteiger partial charge in [-0.05, 0) is 43.0 Å². The molecule has 3 aromatic rings. The van der Waals surface area contributed by atoms with Crippen molar-refractivity contribution in [1.29, 1.82) is 0 Å². The molecule has 0 saturated heterocycles. The topological polar surface area (TPSA) is 106 Å². The molecule has 0 bridgehead atoms. The van der Waals surface area contributed by atoms with Gasteiger partial charge in [-0.3, -0.25) is 4.84 Å². The van der Waals surface area contributed by atoms with Crippen LogP contribution in [0, 0.1) is 0 Å². The molecule has 2 aromatic carbocycles. The van der Waals surface area contributed by atoms with Crippen LogP contribution in [0.3, 0.4) is 0 Å². The number of nitrogens with zero attached hydrogens (tertiary/aromatic N) is 4. The molecule has 202 valence electrons. The van der Waals surface area contributed by atoms with Crippen molar-refractivity contribution in [1.82, 2.24) is 19.9 Å². The average molecular weight is 540 g/mol. The molecule has 0 amide bonds.